The zero-order valence-corrected chi connectivity index (χ0v) is 10.6. The molecular formula is C12H20F2N2O2. The number of likely N-dealkylation sites (tertiary alicyclic amines) is 1. The lowest BCUT2D eigenvalue weighted by molar-refractivity contribution is -0.159. The van der Waals surface area contributed by atoms with E-state index in [1.165, 1.54) is 6.42 Å². The summed E-state index contributed by atoms with van der Waals surface area (Å²) in [7, 11) is 1.89. The quantitative estimate of drug-likeness (QED) is 0.768. The summed E-state index contributed by atoms with van der Waals surface area (Å²) in [6, 6.07) is 0.358. The molecule has 0 aliphatic carbocycles. The third-order valence-electron chi connectivity index (χ3n) is 3.68. The Morgan fingerprint density at radius 3 is 2.89 bits per heavy atom. The molecule has 0 bridgehead atoms. The molecule has 6 heteroatoms. The summed E-state index contributed by atoms with van der Waals surface area (Å²) in [5.41, 5.74) is 0. The summed E-state index contributed by atoms with van der Waals surface area (Å²) in [6.07, 6.45) is 2.18. The van der Waals surface area contributed by atoms with Gasteiger partial charge in [0.1, 0.15) is 6.10 Å². The van der Waals surface area contributed by atoms with Gasteiger partial charge < -0.3 is 10.1 Å². The highest BCUT2D eigenvalue weighted by Gasteiger charge is 2.51. The van der Waals surface area contributed by atoms with E-state index in [4.69, 9.17) is 4.74 Å². The number of alkyl halides is 2. The molecule has 4 nitrogen and oxygen atoms in total. The van der Waals surface area contributed by atoms with Crippen molar-refractivity contribution in [2.45, 2.75) is 43.8 Å². The van der Waals surface area contributed by atoms with E-state index >= 15 is 0 Å². The highest BCUT2D eigenvalue weighted by Crippen LogP contribution is 2.32. The standard InChI is InChI=1S/C12H20F2N2O2/c1-15-7-9-4-2-3-5-16(9)8-10-6-12(13,14)11(17)18-10/h9-10,15H,2-8H2,1H3. The van der Waals surface area contributed by atoms with Crippen molar-refractivity contribution in [3.05, 3.63) is 0 Å². The Bertz CT molecular complexity index is 310. The van der Waals surface area contributed by atoms with Crippen LogP contribution in [0.4, 0.5) is 8.78 Å². The van der Waals surface area contributed by atoms with E-state index in [0.29, 0.717) is 12.6 Å². The minimum Gasteiger partial charge on any atom is -0.456 e. The third-order valence-corrected chi connectivity index (χ3v) is 3.68. The third kappa shape index (κ3) is 2.98. The van der Waals surface area contributed by atoms with Crippen molar-refractivity contribution in [1.82, 2.24) is 10.2 Å². The van der Waals surface area contributed by atoms with E-state index in [-0.39, 0.29) is 0 Å². The summed E-state index contributed by atoms with van der Waals surface area (Å²) in [4.78, 5) is 13.1. The van der Waals surface area contributed by atoms with Crippen LogP contribution < -0.4 is 5.32 Å². The van der Waals surface area contributed by atoms with E-state index in [2.05, 4.69) is 10.2 Å². The van der Waals surface area contributed by atoms with Crippen LogP contribution in [0.2, 0.25) is 0 Å². The van der Waals surface area contributed by atoms with Gasteiger partial charge in [-0.05, 0) is 26.4 Å². The molecular weight excluding hydrogens is 242 g/mol. The molecule has 104 valence electrons. The molecule has 2 fully saturated rings. The monoisotopic (exact) mass is 262 g/mol. The van der Waals surface area contributed by atoms with E-state index in [1.807, 2.05) is 7.05 Å². The lowest BCUT2D eigenvalue weighted by Gasteiger charge is -2.36. The van der Waals surface area contributed by atoms with Crippen LogP contribution in [0.5, 0.6) is 0 Å². The van der Waals surface area contributed by atoms with Crippen molar-refractivity contribution in [3.8, 4) is 0 Å². The number of esters is 1. The first-order chi connectivity index (χ1) is 8.53. The number of carbonyl (C=O) groups excluding carboxylic acids is 1. The minimum absolute atomic E-state index is 0.358. The first-order valence-corrected chi connectivity index (χ1v) is 6.50. The van der Waals surface area contributed by atoms with Gasteiger partial charge in [-0.1, -0.05) is 6.42 Å². The second-order valence-electron chi connectivity index (χ2n) is 5.14. The number of piperidine rings is 1. The van der Waals surface area contributed by atoms with Crippen molar-refractivity contribution in [3.63, 3.8) is 0 Å². The predicted molar refractivity (Wildman–Crippen MR) is 62.6 cm³/mol. The zero-order valence-electron chi connectivity index (χ0n) is 10.6. The van der Waals surface area contributed by atoms with Crippen LogP contribution in [0.15, 0.2) is 0 Å². The molecule has 1 N–H and O–H groups in total. The zero-order chi connectivity index (χ0) is 13.2. The Labute approximate surface area is 106 Å². The molecule has 2 unspecified atom stereocenters. The second-order valence-corrected chi connectivity index (χ2v) is 5.14. The van der Waals surface area contributed by atoms with Crippen molar-refractivity contribution in [2.75, 3.05) is 26.7 Å². The average Bonchev–Trinajstić information content (AvgIpc) is 2.55. The molecule has 0 saturated carbocycles. The van der Waals surface area contributed by atoms with Gasteiger partial charge in [-0.2, -0.15) is 8.78 Å². The molecule has 0 aromatic heterocycles. The Morgan fingerprint density at radius 1 is 1.50 bits per heavy atom. The van der Waals surface area contributed by atoms with E-state index in [1.54, 1.807) is 0 Å². The van der Waals surface area contributed by atoms with Gasteiger partial charge in [-0.3, -0.25) is 4.90 Å². The summed E-state index contributed by atoms with van der Waals surface area (Å²) in [5, 5.41) is 3.12. The first kappa shape index (κ1) is 13.7. The maximum absolute atomic E-state index is 13.1. The number of cyclic esters (lactones) is 1. The number of halogens is 2. The van der Waals surface area contributed by atoms with Gasteiger partial charge in [0.25, 0.3) is 0 Å². The lowest BCUT2D eigenvalue weighted by Crippen LogP contribution is -2.47. The number of hydrogen-bond donors (Lipinski definition) is 1. The molecule has 2 heterocycles. The highest BCUT2D eigenvalue weighted by molar-refractivity contribution is 5.79. The molecule has 2 rings (SSSR count). The van der Waals surface area contributed by atoms with Gasteiger partial charge >= 0.3 is 11.9 Å². The number of carbonyl (C=O) groups is 1. The van der Waals surface area contributed by atoms with Crippen LogP contribution in [-0.2, 0) is 9.53 Å². The molecule has 2 atom stereocenters. The smallest absolute Gasteiger partial charge is 0.377 e. The maximum atomic E-state index is 13.1. The molecule has 0 aromatic rings. The first-order valence-electron chi connectivity index (χ1n) is 6.50. The lowest BCUT2D eigenvalue weighted by atomic mass is 10.0. The van der Waals surface area contributed by atoms with Crippen molar-refractivity contribution >= 4 is 5.97 Å². The maximum Gasteiger partial charge on any atom is 0.377 e. The van der Waals surface area contributed by atoms with Crippen LogP contribution >= 0.6 is 0 Å². The average molecular weight is 262 g/mol. The predicted octanol–water partition coefficient (Wildman–Crippen LogP) is 1.01. The fraction of sp³-hybridized carbons (Fsp3) is 0.917. The molecule has 0 radical (unpaired) electrons. The molecule has 18 heavy (non-hydrogen) atoms. The fourth-order valence-electron chi connectivity index (χ4n) is 2.78. The van der Waals surface area contributed by atoms with Crippen molar-refractivity contribution in [1.29, 1.82) is 0 Å². The van der Waals surface area contributed by atoms with Gasteiger partial charge in [-0.15, -0.1) is 0 Å². The van der Waals surface area contributed by atoms with Gasteiger partial charge in [0.15, 0.2) is 0 Å². The second kappa shape index (κ2) is 5.48. The van der Waals surface area contributed by atoms with Crippen molar-refractivity contribution in [2.24, 2.45) is 0 Å². The summed E-state index contributed by atoms with van der Waals surface area (Å²) in [6.45, 7) is 2.16. The normalized spacial score (nSPS) is 32.5. The number of ether oxygens (including phenoxy) is 1. The van der Waals surface area contributed by atoms with E-state index in [0.717, 1.165) is 25.9 Å². The highest BCUT2D eigenvalue weighted by atomic mass is 19.3. The van der Waals surface area contributed by atoms with Crippen LogP contribution in [0, 0.1) is 0 Å². The summed E-state index contributed by atoms with van der Waals surface area (Å²) in [5.74, 6) is -4.66. The molecule has 2 aliphatic heterocycles. The fourth-order valence-corrected chi connectivity index (χ4v) is 2.78. The van der Waals surface area contributed by atoms with E-state index < -0.39 is 24.4 Å². The molecule has 0 aromatic carbocycles. The number of nitrogens with one attached hydrogen (secondary N) is 1. The van der Waals surface area contributed by atoms with Crippen molar-refractivity contribution < 1.29 is 18.3 Å². The van der Waals surface area contributed by atoms with Gasteiger partial charge in [-0.25, -0.2) is 4.79 Å². The summed E-state index contributed by atoms with van der Waals surface area (Å²) < 4.78 is 30.9. The van der Waals surface area contributed by atoms with Gasteiger partial charge in [0.05, 0.1) is 6.42 Å². The van der Waals surface area contributed by atoms with Crippen LogP contribution in [0.1, 0.15) is 25.7 Å². The molecule has 2 aliphatic rings. The Hall–Kier alpha value is -0.750. The number of likely N-dealkylation sites (N-methyl/N-ethyl adjacent to an activating group) is 1. The minimum atomic E-state index is -3.29. The van der Waals surface area contributed by atoms with Gasteiger partial charge in [0.2, 0.25) is 0 Å². The van der Waals surface area contributed by atoms with Crippen LogP contribution in [0.25, 0.3) is 0 Å². The topological polar surface area (TPSA) is 41.6 Å². The van der Waals surface area contributed by atoms with E-state index in [9.17, 15) is 13.6 Å². The number of hydrogen-bond acceptors (Lipinski definition) is 4. The number of nitrogens with zero attached hydrogens (tertiary/aromatic N) is 1. The molecule has 0 amide bonds. The largest absolute Gasteiger partial charge is 0.456 e. The summed E-state index contributed by atoms with van der Waals surface area (Å²) >= 11 is 0. The van der Waals surface area contributed by atoms with Crippen LogP contribution in [-0.4, -0.2) is 55.6 Å². The Kier molecular flexibility index (Phi) is 4.17. The Morgan fingerprint density at radius 2 is 2.28 bits per heavy atom. The molecule has 0 spiro atoms. The number of rotatable bonds is 4. The van der Waals surface area contributed by atoms with Crippen LogP contribution in [0.3, 0.4) is 0 Å². The molecule has 2 saturated heterocycles. The SMILES string of the molecule is CNCC1CCCCN1CC1CC(F)(F)C(=O)O1. The Balaban J connectivity index is 1.90. The van der Waals surface area contributed by atoms with Gasteiger partial charge in [0, 0.05) is 19.1 Å².